The third-order valence-electron chi connectivity index (χ3n) is 3.15. The zero-order valence-electron chi connectivity index (χ0n) is 15.7. The number of nitrogens with one attached hydrogen (secondary N) is 1. The van der Waals surface area contributed by atoms with E-state index < -0.39 is 29.7 Å². The molecular weight excluding hydrogens is 338 g/mol. The van der Waals surface area contributed by atoms with Gasteiger partial charge in [-0.15, -0.1) is 0 Å². The van der Waals surface area contributed by atoms with Gasteiger partial charge in [-0.25, -0.2) is 4.79 Å². The zero-order valence-corrected chi connectivity index (χ0v) is 15.7. The van der Waals surface area contributed by atoms with Gasteiger partial charge in [0, 0.05) is 13.3 Å². The Labute approximate surface area is 154 Å². The molecule has 0 fully saturated rings. The van der Waals surface area contributed by atoms with E-state index in [0.29, 0.717) is 0 Å². The highest BCUT2D eigenvalue weighted by Gasteiger charge is 2.21. The van der Waals surface area contributed by atoms with E-state index in [-0.39, 0.29) is 26.1 Å². The second-order valence-electron chi connectivity index (χ2n) is 6.83. The Balaban J connectivity index is 2.46. The maximum atomic E-state index is 11.9. The van der Waals surface area contributed by atoms with Crippen LogP contribution in [0.4, 0.5) is 4.79 Å². The molecule has 1 N–H and O–H groups in total. The maximum absolute atomic E-state index is 11.9. The van der Waals surface area contributed by atoms with E-state index in [2.05, 4.69) is 5.32 Å². The standard InChI is InChI=1S/C19H27NO6/c1-14(21)24-13-16(20-18(23)26-19(2,3)4)10-11-17(22)25-12-15-8-6-5-7-9-15/h5-9,16H,10-13H2,1-4H3,(H,20,23). The average Bonchev–Trinajstić information content (AvgIpc) is 2.54. The van der Waals surface area contributed by atoms with Crippen LogP contribution in [0.25, 0.3) is 0 Å². The normalized spacial score (nSPS) is 12.0. The van der Waals surface area contributed by atoms with Gasteiger partial charge in [-0.05, 0) is 32.8 Å². The molecule has 0 spiro atoms. The van der Waals surface area contributed by atoms with Crippen LogP contribution in [0.1, 0.15) is 46.1 Å². The number of carbonyl (C=O) groups is 3. The number of ether oxygens (including phenoxy) is 3. The van der Waals surface area contributed by atoms with E-state index in [4.69, 9.17) is 14.2 Å². The fourth-order valence-electron chi connectivity index (χ4n) is 1.99. The van der Waals surface area contributed by atoms with Crippen LogP contribution < -0.4 is 5.32 Å². The number of benzene rings is 1. The molecule has 0 aliphatic carbocycles. The number of hydrogen-bond acceptors (Lipinski definition) is 6. The number of hydrogen-bond donors (Lipinski definition) is 1. The second-order valence-corrected chi connectivity index (χ2v) is 6.83. The van der Waals surface area contributed by atoms with E-state index in [0.717, 1.165) is 5.56 Å². The molecule has 0 saturated carbocycles. The molecule has 7 heteroatoms. The van der Waals surface area contributed by atoms with Crippen molar-refractivity contribution in [1.82, 2.24) is 5.32 Å². The number of rotatable bonds is 8. The maximum Gasteiger partial charge on any atom is 0.407 e. The third kappa shape index (κ3) is 10.3. The van der Waals surface area contributed by atoms with E-state index >= 15 is 0 Å². The van der Waals surface area contributed by atoms with Gasteiger partial charge in [0.2, 0.25) is 0 Å². The predicted molar refractivity (Wildman–Crippen MR) is 95.3 cm³/mol. The Morgan fingerprint density at radius 2 is 1.73 bits per heavy atom. The zero-order chi connectivity index (χ0) is 19.6. The lowest BCUT2D eigenvalue weighted by Gasteiger charge is -2.23. The third-order valence-corrected chi connectivity index (χ3v) is 3.15. The minimum Gasteiger partial charge on any atom is -0.464 e. The van der Waals surface area contributed by atoms with Crippen molar-refractivity contribution >= 4 is 18.0 Å². The monoisotopic (exact) mass is 365 g/mol. The highest BCUT2D eigenvalue weighted by Crippen LogP contribution is 2.09. The van der Waals surface area contributed by atoms with Crippen LogP contribution in [-0.4, -0.2) is 36.3 Å². The first-order valence-corrected chi connectivity index (χ1v) is 8.48. The summed E-state index contributed by atoms with van der Waals surface area (Å²) in [4.78, 5) is 34.8. The van der Waals surface area contributed by atoms with Crippen LogP contribution in [0.5, 0.6) is 0 Å². The molecule has 0 heterocycles. The van der Waals surface area contributed by atoms with Crippen molar-refractivity contribution in [2.75, 3.05) is 6.61 Å². The molecule has 0 aromatic heterocycles. The van der Waals surface area contributed by atoms with Crippen molar-refractivity contribution < 1.29 is 28.6 Å². The summed E-state index contributed by atoms with van der Waals surface area (Å²) in [6, 6.07) is 8.79. The lowest BCUT2D eigenvalue weighted by molar-refractivity contribution is -0.145. The molecule has 1 unspecified atom stereocenters. The summed E-state index contributed by atoms with van der Waals surface area (Å²) in [6.07, 6.45) is -0.290. The van der Waals surface area contributed by atoms with Gasteiger partial charge >= 0.3 is 18.0 Å². The molecule has 0 aliphatic heterocycles. The van der Waals surface area contributed by atoms with Gasteiger partial charge in [0.1, 0.15) is 18.8 Å². The summed E-state index contributed by atoms with van der Waals surface area (Å²) < 4.78 is 15.3. The quantitative estimate of drug-likeness (QED) is 0.563. The van der Waals surface area contributed by atoms with E-state index in [9.17, 15) is 14.4 Å². The van der Waals surface area contributed by atoms with E-state index in [1.807, 2.05) is 30.3 Å². The van der Waals surface area contributed by atoms with E-state index in [1.54, 1.807) is 20.8 Å². The Hall–Kier alpha value is -2.57. The van der Waals surface area contributed by atoms with Crippen LogP contribution in [-0.2, 0) is 30.4 Å². The molecule has 144 valence electrons. The van der Waals surface area contributed by atoms with Crippen LogP contribution in [0, 0.1) is 0 Å². The molecule has 1 atom stereocenters. The predicted octanol–water partition coefficient (Wildman–Crippen LogP) is 2.97. The summed E-state index contributed by atoms with van der Waals surface area (Å²) in [5, 5.41) is 2.61. The lowest BCUT2D eigenvalue weighted by atomic mass is 10.1. The van der Waals surface area contributed by atoms with Crippen molar-refractivity contribution in [3.63, 3.8) is 0 Å². The molecule has 1 aromatic carbocycles. The fourth-order valence-corrected chi connectivity index (χ4v) is 1.99. The topological polar surface area (TPSA) is 90.9 Å². The van der Waals surface area contributed by atoms with Gasteiger partial charge < -0.3 is 19.5 Å². The van der Waals surface area contributed by atoms with E-state index in [1.165, 1.54) is 6.92 Å². The van der Waals surface area contributed by atoms with Gasteiger partial charge in [-0.3, -0.25) is 9.59 Å². The first kappa shape index (κ1) is 21.5. The molecule has 0 saturated heterocycles. The number of esters is 2. The Morgan fingerprint density at radius 1 is 1.08 bits per heavy atom. The molecule has 7 nitrogen and oxygen atoms in total. The molecule has 0 bridgehead atoms. The lowest BCUT2D eigenvalue weighted by Crippen LogP contribution is -2.42. The fraction of sp³-hybridized carbons (Fsp3) is 0.526. The number of carbonyl (C=O) groups excluding carboxylic acids is 3. The van der Waals surface area contributed by atoms with Crippen LogP contribution in [0.2, 0.25) is 0 Å². The van der Waals surface area contributed by atoms with Gasteiger partial charge in [0.05, 0.1) is 6.04 Å². The van der Waals surface area contributed by atoms with Crippen molar-refractivity contribution in [1.29, 1.82) is 0 Å². The summed E-state index contributed by atoms with van der Waals surface area (Å²) in [6.45, 7) is 6.66. The molecule has 26 heavy (non-hydrogen) atoms. The molecule has 1 amide bonds. The highest BCUT2D eigenvalue weighted by molar-refractivity contribution is 5.70. The summed E-state index contributed by atoms with van der Waals surface area (Å²) in [5.41, 5.74) is 0.245. The minimum atomic E-state index is -0.648. The average molecular weight is 365 g/mol. The molecule has 0 aliphatic rings. The molecular formula is C19H27NO6. The van der Waals surface area contributed by atoms with Gasteiger partial charge in [0.25, 0.3) is 0 Å². The van der Waals surface area contributed by atoms with Crippen molar-refractivity contribution in [3.8, 4) is 0 Å². The van der Waals surface area contributed by atoms with Gasteiger partial charge in [-0.2, -0.15) is 0 Å². The molecule has 0 radical (unpaired) electrons. The summed E-state index contributed by atoms with van der Waals surface area (Å²) in [5.74, 6) is -0.861. The minimum absolute atomic E-state index is 0.0411. The Bertz CT molecular complexity index is 594. The summed E-state index contributed by atoms with van der Waals surface area (Å²) >= 11 is 0. The first-order chi connectivity index (χ1) is 12.2. The van der Waals surface area contributed by atoms with Crippen LogP contribution in [0.15, 0.2) is 30.3 Å². The van der Waals surface area contributed by atoms with Crippen molar-refractivity contribution in [2.24, 2.45) is 0 Å². The SMILES string of the molecule is CC(=O)OCC(CCC(=O)OCc1ccccc1)NC(=O)OC(C)(C)C. The second kappa shape index (κ2) is 10.4. The van der Waals surface area contributed by atoms with Crippen molar-refractivity contribution in [2.45, 2.75) is 58.8 Å². The molecule has 1 rings (SSSR count). The summed E-state index contributed by atoms with van der Waals surface area (Å²) in [7, 11) is 0. The Morgan fingerprint density at radius 3 is 2.31 bits per heavy atom. The van der Waals surface area contributed by atoms with Crippen LogP contribution in [0.3, 0.4) is 0 Å². The highest BCUT2D eigenvalue weighted by atomic mass is 16.6. The largest absolute Gasteiger partial charge is 0.464 e. The number of amides is 1. The van der Waals surface area contributed by atoms with Crippen molar-refractivity contribution in [3.05, 3.63) is 35.9 Å². The Kier molecular flexibility index (Phi) is 8.61. The van der Waals surface area contributed by atoms with Gasteiger partial charge in [-0.1, -0.05) is 30.3 Å². The van der Waals surface area contributed by atoms with Gasteiger partial charge in [0.15, 0.2) is 0 Å². The first-order valence-electron chi connectivity index (χ1n) is 8.48. The number of alkyl carbamates (subject to hydrolysis) is 1. The van der Waals surface area contributed by atoms with Crippen LogP contribution >= 0.6 is 0 Å². The smallest absolute Gasteiger partial charge is 0.407 e. The molecule has 1 aromatic rings.